The zero-order valence-corrected chi connectivity index (χ0v) is 11.2. The average molecular weight is 202 g/mol. The fourth-order valence-corrected chi connectivity index (χ4v) is 3.93. The van der Waals surface area contributed by atoms with Crippen LogP contribution in [0.2, 0.25) is 18.6 Å². The molecule has 0 bridgehead atoms. The third kappa shape index (κ3) is 5.48. The predicted molar refractivity (Wildman–Crippen MR) is 62.7 cm³/mol. The maximum Gasteiger partial charge on any atom is 0.189 e. The third-order valence-corrected chi connectivity index (χ3v) is 6.46. The molecule has 0 aromatic heterocycles. The lowest BCUT2D eigenvalue weighted by Gasteiger charge is -2.31. The lowest BCUT2D eigenvalue weighted by atomic mass is 10.2. The molecule has 0 amide bonds. The van der Waals surface area contributed by atoms with E-state index in [4.69, 9.17) is 4.43 Å². The molecule has 0 aliphatic carbocycles. The Morgan fingerprint density at radius 1 is 1.15 bits per heavy atom. The van der Waals surface area contributed by atoms with Gasteiger partial charge in [-0.1, -0.05) is 33.1 Å². The quantitative estimate of drug-likeness (QED) is 0.587. The van der Waals surface area contributed by atoms with Crippen LogP contribution in [0, 0.1) is 0 Å². The molecule has 2 heteroatoms. The first-order valence-corrected chi connectivity index (χ1v) is 8.56. The summed E-state index contributed by atoms with van der Waals surface area (Å²) < 4.78 is 6.04. The smallest absolute Gasteiger partial charge is 0.189 e. The monoisotopic (exact) mass is 202 g/mol. The van der Waals surface area contributed by atoms with E-state index in [2.05, 4.69) is 40.8 Å². The molecule has 1 unspecified atom stereocenters. The number of unbranched alkanes of at least 4 members (excludes halogenated alkanes) is 1. The van der Waals surface area contributed by atoms with Crippen LogP contribution < -0.4 is 0 Å². The molecule has 0 aliphatic heterocycles. The molecule has 13 heavy (non-hydrogen) atoms. The summed E-state index contributed by atoms with van der Waals surface area (Å²) in [6.07, 6.45) is 4.38. The van der Waals surface area contributed by atoms with Gasteiger partial charge in [-0.3, -0.25) is 0 Å². The Hall–Kier alpha value is 0.177. The van der Waals surface area contributed by atoms with Crippen molar-refractivity contribution in [2.45, 2.75) is 71.7 Å². The van der Waals surface area contributed by atoms with Gasteiger partial charge < -0.3 is 4.43 Å². The van der Waals surface area contributed by atoms with Crippen LogP contribution in [0.15, 0.2) is 0 Å². The molecule has 0 aromatic rings. The van der Waals surface area contributed by atoms with Crippen molar-refractivity contribution in [2.24, 2.45) is 0 Å². The van der Waals surface area contributed by atoms with Gasteiger partial charge in [-0.25, -0.2) is 0 Å². The molecule has 0 fully saturated rings. The zero-order chi connectivity index (χ0) is 10.5. The molecule has 0 saturated carbocycles. The van der Waals surface area contributed by atoms with E-state index in [0.717, 1.165) is 5.54 Å². The van der Waals surface area contributed by atoms with E-state index in [0.29, 0.717) is 6.10 Å². The Labute approximate surface area is 85.0 Å². The first-order valence-electron chi connectivity index (χ1n) is 5.58. The van der Waals surface area contributed by atoms with Crippen LogP contribution in [0.5, 0.6) is 0 Å². The molecule has 0 rings (SSSR count). The molecule has 0 aliphatic rings. The van der Waals surface area contributed by atoms with E-state index in [-0.39, 0.29) is 0 Å². The first-order chi connectivity index (χ1) is 5.90. The summed E-state index contributed by atoms with van der Waals surface area (Å²) in [5.74, 6) is 0. The van der Waals surface area contributed by atoms with Gasteiger partial charge in [0.25, 0.3) is 0 Å². The molecule has 0 heterocycles. The molecule has 0 aromatic carbocycles. The molecule has 80 valence electrons. The molecule has 1 atom stereocenters. The number of hydrogen-bond donors (Lipinski definition) is 0. The highest BCUT2D eigenvalue weighted by molar-refractivity contribution is 6.72. The number of rotatable bonds is 6. The van der Waals surface area contributed by atoms with Crippen molar-refractivity contribution in [3.8, 4) is 0 Å². The van der Waals surface area contributed by atoms with Crippen molar-refractivity contribution in [1.82, 2.24) is 0 Å². The van der Waals surface area contributed by atoms with Crippen molar-refractivity contribution in [2.75, 3.05) is 0 Å². The minimum absolute atomic E-state index is 0.394. The SMILES string of the molecule is CCCCC(C)[Si](C)(C)OC(C)C. The summed E-state index contributed by atoms with van der Waals surface area (Å²) in [6.45, 7) is 13.6. The highest BCUT2D eigenvalue weighted by Crippen LogP contribution is 2.28. The van der Waals surface area contributed by atoms with Crippen molar-refractivity contribution >= 4 is 8.32 Å². The van der Waals surface area contributed by atoms with E-state index in [1.165, 1.54) is 19.3 Å². The summed E-state index contributed by atoms with van der Waals surface area (Å²) in [4.78, 5) is 0. The number of hydrogen-bond acceptors (Lipinski definition) is 1. The van der Waals surface area contributed by atoms with Crippen LogP contribution >= 0.6 is 0 Å². The Morgan fingerprint density at radius 2 is 1.69 bits per heavy atom. The molecule has 0 saturated heterocycles. The van der Waals surface area contributed by atoms with Gasteiger partial charge in [0.1, 0.15) is 0 Å². The fraction of sp³-hybridized carbons (Fsp3) is 1.00. The highest BCUT2D eigenvalue weighted by Gasteiger charge is 2.30. The predicted octanol–water partition coefficient (Wildman–Crippen LogP) is 4.20. The van der Waals surface area contributed by atoms with Crippen LogP contribution in [-0.2, 0) is 4.43 Å². The van der Waals surface area contributed by atoms with Gasteiger partial charge in [0.15, 0.2) is 8.32 Å². The maximum atomic E-state index is 6.04. The van der Waals surface area contributed by atoms with E-state index in [9.17, 15) is 0 Å². The molecule has 1 nitrogen and oxygen atoms in total. The second-order valence-electron chi connectivity index (χ2n) is 4.81. The Kier molecular flexibility index (Phi) is 5.89. The highest BCUT2D eigenvalue weighted by atomic mass is 28.4. The summed E-state index contributed by atoms with van der Waals surface area (Å²) in [5, 5.41) is 0. The van der Waals surface area contributed by atoms with Crippen LogP contribution in [0.25, 0.3) is 0 Å². The average Bonchev–Trinajstić information content (AvgIpc) is 1.97. The van der Waals surface area contributed by atoms with E-state index >= 15 is 0 Å². The van der Waals surface area contributed by atoms with Gasteiger partial charge in [-0.05, 0) is 32.5 Å². The van der Waals surface area contributed by atoms with Crippen molar-refractivity contribution in [1.29, 1.82) is 0 Å². The first kappa shape index (κ1) is 13.2. The standard InChI is InChI=1S/C11H26OSi/c1-7-8-9-11(4)13(5,6)12-10(2)3/h10-11H,7-9H2,1-6H3. The van der Waals surface area contributed by atoms with Crippen molar-refractivity contribution in [3.63, 3.8) is 0 Å². The molecular weight excluding hydrogens is 176 g/mol. The Balaban J connectivity index is 3.94. The van der Waals surface area contributed by atoms with E-state index < -0.39 is 8.32 Å². The minimum atomic E-state index is -1.41. The Morgan fingerprint density at radius 3 is 2.08 bits per heavy atom. The molecule has 0 N–H and O–H groups in total. The van der Waals surface area contributed by atoms with Gasteiger partial charge >= 0.3 is 0 Å². The van der Waals surface area contributed by atoms with Gasteiger partial charge in [0.2, 0.25) is 0 Å². The Bertz CT molecular complexity index is 132. The fourth-order valence-electron chi connectivity index (χ4n) is 1.58. The second-order valence-corrected chi connectivity index (χ2v) is 9.24. The van der Waals surface area contributed by atoms with Gasteiger partial charge in [-0.15, -0.1) is 0 Å². The lowest BCUT2D eigenvalue weighted by Crippen LogP contribution is -2.37. The van der Waals surface area contributed by atoms with Crippen LogP contribution in [0.4, 0.5) is 0 Å². The minimum Gasteiger partial charge on any atom is -0.415 e. The summed E-state index contributed by atoms with van der Waals surface area (Å²) in [6, 6.07) is 0. The van der Waals surface area contributed by atoms with E-state index in [1.807, 2.05) is 0 Å². The largest absolute Gasteiger partial charge is 0.415 e. The summed E-state index contributed by atoms with van der Waals surface area (Å²) >= 11 is 0. The van der Waals surface area contributed by atoms with Crippen LogP contribution in [0.3, 0.4) is 0 Å². The normalized spacial score (nSPS) is 15.0. The topological polar surface area (TPSA) is 9.23 Å². The van der Waals surface area contributed by atoms with Crippen molar-refractivity contribution < 1.29 is 4.43 Å². The van der Waals surface area contributed by atoms with Crippen molar-refractivity contribution in [3.05, 3.63) is 0 Å². The molecule has 0 radical (unpaired) electrons. The van der Waals surface area contributed by atoms with Crippen LogP contribution in [-0.4, -0.2) is 14.4 Å². The van der Waals surface area contributed by atoms with Gasteiger partial charge in [0, 0.05) is 6.10 Å². The maximum absolute atomic E-state index is 6.04. The summed E-state index contributed by atoms with van der Waals surface area (Å²) in [7, 11) is -1.41. The second kappa shape index (κ2) is 5.81. The van der Waals surface area contributed by atoms with Gasteiger partial charge in [-0.2, -0.15) is 0 Å². The third-order valence-electron chi connectivity index (χ3n) is 2.72. The van der Waals surface area contributed by atoms with Crippen LogP contribution in [0.1, 0.15) is 47.0 Å². The zero-order valence-electron chi connectivity index (χ0n) is 10.2. The molecular formula is C11H26OSi. The van der Waals surface area contributed by atoms with Gasteiger partial charge in [0.05, 0.1) is 0 Å². The molecule has 0 spiro atoms. The van der Waals surface area contributed by atoms with E-state index in [1.54, 1.807) is 0 Å². The summed E-state index contributed by atoms with van der Waals surface area (Å²) in [5.41, 5.74) is 0.787. The lowest BCUT2D eigenvalue weighted by molar-refractivity contribution is 0.224.